The highest BCUT2D eigenvalue weighted by Gasteiger charge is 2.10. The highest BCUT2D eigenvalue weighted by atomic mass is 32.1. The summed E-state index contributed by atoms with van der Waals surface area (Å²) in [5.74, 6) is -0.140. The molecule has 0 saturated heterocycles. The number of carbonyl (C=O) groups excluding carboxylic acids is 1. The van der Waals surface area contributed by atoms with Gasteiger partial charge in [-0.05, 0) is 24.3 Å². The third kappa shape index (κ3) is 4.06. The maximum atomic E-state index is 11.3. The molecule has 0 unspecified atom stereocenters. The van der Waals surface area contributed by atoms with Crippen molar-refractivity contribution >= 4 is 43.5 Å². The average Bonchev–Trinajstić information content (AvgIpc) is 3.18. The predicted molar refractivity (Wildman–Crippen MR) is 121 cm³/mol. The lowest BCUT2D eigenvalue weighted by molar-refractivity contribution is -0.114. The molecule has 7 nitrogen and oxygen atoms in total. The van der Waals surface area contributed by atoms with Crippen LogP contribution in [0.4, 0.5) is 5.13 Å². The molecule has 8 heteroatoms. The number of hydrogen-bond donors (Lipinski definition) is 1. The molecular weight excluding hydrogens is 410 g/mol. The normalized spacial score (nSPS) is 11.0. The first-order valence-electron chi connectivity index (χ1n) is 9.63. The van der Waals surface area contributed by atoms with E-state index < -0.39 is 0 Å². The molecule has 0 aliphatic rings. The molecule has 1 amide bonds. The van der Waals surface area contributed by atoms with Crippen molar-refractivity contribution in [2.45, 2.75) is 13.5 Å². The zero-order valence-electron chi connectivity index (χ0n) is 16.6. The van der Waals surface area contributed by atoms with Crippen LogP contribution in [0, 0.1) is 0 Å². The van der Waals surface area contributed by atoms with Gasteiger partial charge in [-0.1, -0.05) is 41.7 Å². The Kier molecular flexibility index (Phi) is 4.97. The molecule has 5 rings (SSSR count). The lowest BCUT2D eigenvalue weighted by atomic mass is 10.1. The first kappa shape index (κ1) is 19.1. The van der Waals surface area contributed by atoms with Crippen LogP contribution in [0.15, 0.2) is 67.0 Å². The van der Waals surface area contributed by atoms with Gasteiger partial charge in [0.2, 0.25) is 5.91 Å². The van der Waals surface area contributed by atoms with Crippen LogP contribution in [-0.4, -0.2) is 25.8 Å². The highest BCUT2D eigenvalue weighted by Crippen LogP contribution is 2.30. The van der Waals surface area contributed by atoms with E-state index in [-0.39, 0.29) is 5.91 Å². The van der Waals surface area contributed by atoms with Gasteiger partial charge in [-0.3, -0.25) is 9.78 Å². The summed E-state index contributed by atoms with van der Waals surface area (Å²) in [4.78, 5) is 29.0. The van der Waals surface area contributed by atoms with Crippen LogP contribution < -0.4 is 10.1 Å². The summed E-state index contributed by atoms with van der Waals surface area (Å²) >= 11 is 1.42. The lowest BCUT2D eigenvalue weighted by Gasteiger charge is -2.08. The molecule has 5 aromatic rings. The first-order chi connectivity index (χ1) is 15.2. The molecule has 0 spiro atoms. The van der Waals surface area contributed by atoms with Crippen molar-refractivity contribution in [1.29, 1.82) is 0 Å². The number of amides is 1. The van der Waals surface area contributed by atoms with Crippen LogP contribution >= 0.6 is 11.3 Å². The van der Waals surface area contributed by atoms with Crippen molar-refractivity contribution in [2.75, 3.05) is 5.32 Å². The molecule has 1 N–H and O–H groups in total. The number of benzene rings is 2. The van der Waals surface area contributed by atoms with Crippen molar-refractivity contribution in [1.82, 2.24) is 19.9 Å². The molecule has 3 heterocycles. The van der Waals surface area contributed by atoms with E-state index in [1.54, 1.807) is 12.4 Å². The minimum atomic E-state index is -0.140. The van der Waals surface area contributed by atoms with Gasteiger partial charge in [0.15, 0.2) is 5.13 Å². The fourth-order valence-corrected chi connectivity index (χ4v) is 4.24. The van der Waals surface area contributed by atoms with Crippen molar-refractivity contribution in [3.63, 3.8) is 0 Å². The number of thiazole rings is 1. The van der Waals surface area contributed by atoms with E-state index >= 15 is 0 Å². The molecule has 0 aliphatic carbocycles. The first-order valence-corrected chi connectivity index (χ1v) is 10.4. The van der Waals surface area contributed by atoms with E-state index in [9.17, 15) is 4.79 Å². The quantitative estimate of drug-likeness (QED) is 0.432. The summed E-state index contributed by atoms with van der Waals surface area (Å²) in [6.45, 7) is 1.79. The van der Waals surface area contributed by atoms with Crippen LogP contribution in [0.5, 0.6) is 6.01 Å². The van der Waals surface area contributed by atoms with Gasteiger partial charge >= 0.3 is 6.01 Å². The lowest BCUT2D eigenvalue weighted by Crippen LogP contribution is -2.04. The molecule has 3 aromatic heterocycles. The van der Waals surface area contributed by atoms with Crippen LogP contribution in [0.25, 0.3) is 32.4 Å². The third-order valence-electron chi connectivity index (χ3n) is 4.67. The van der Waals surface area contributed by atoms with Crippen molar-refractivity contribution in [3.05, 3.63) is 72.6 Å². The van der Waals surface area contributed by atoms with Gasteiger partial charge in [0.05, 0.1) is 21.4 Å². The van der Waals surface area contributed by atoms with E-state index in [1.807, 2.05) is 54.6 Å². The van der Waals surface area contributed by atoms with E-state index in [1.165, 1.54) is 18.3 Å². The molecule has 0 atom stereocenters. The van der Waals surface area contributed by atoms with E-state index in [0.29, 0.717) is 17.7 Å². The number of nitrogens with zero attached hydrogens (tertiary/aromatic N) is 4. The van der Waals surface area contributed by atoms with Crippen LogP contribution in [0.2, 0.25) is 0 Å². The van der Waals surface area contributed by atoms with Gasteiger partial charge < -0.3 is 10.1 Å². The minimum Gasteiger partial charge on any atom is -0.458 e. The molecule has 0 fully saturated rings. The number of pyridine rings is 1. The van der Waals surface area contributed by atoms with Crippen LogP contribution in [0.3, 0.4) is 0 Å². The summed E-state index contributed by atoms with van der Waals surface area (Å²) in [7, 11) is 0. The maximum absolute atomic E-state index is 11.3. The highest BCUT2D eigenvalue weighted by molar-refractivity contribution is 7.22. The third-order valence-corrected chi connectivity index (χ3v) is 5.61. The van der Waals surface area contributed by atoms with Gasteiger partial charge in [-0.2, -0.15) is 4.98 Å². The second-order valence-corrected chi connectivity index (χ2v) is 7.92. The summed E-state index contributed by atoms with van der Waals surface area (Å²) in [6, 6.07) is 17.9. The van der Waals surface area contributed by atoms with Gasteiger partial charge in [-0.25, -0.2) is 9.97 Å². The number of fused-ring (bicyclic) bond motifs is 2. The minimum absolute atomic E-state index is 0.140. The Morgan fingerprint density at radius 2 is 1.94 bits per heavy atom. The zero-order valence-corrected chi connectivity index (χ0v) is 17.4. The Balaban J connectivity index is 1.39. The number of carbonyl (C=O) groups is 1. The molecule has 2 aromatic carbocycles. The van der Waals surface area contributed by atoms with Crippen molar-refractivity contribution in [2.24, 2.45) is 0 Å². The van der Waals surface area contributed by atoms with E-state index in [4.69, 9.17) is 4.74 Å². The Morgan fingerprint density at radius 3 is 2.84 bits per heavy atom. The average molecular weight is 427 g/mol. The van der Waals surface area contributed by atoms with E-state index in [0.717, 1.165) is 37.9 Å². The zero-order chi connectivity index (χ0) is 21.2. The standard InChI is InChI=1S/C23H17N5O2S/c1-14(29)26-23-28-19-8-7-16(12-20(19)31-23)18-9-11-25-22(27-18)30-13-17-5-2-4-15-6-3-10-24-21(15)17/h2-12H,13H2,1H3,(H,26,28,29). The molecule has 0 saturated carbocycles. The summed E-state index contributed by atoms with van der Waals surface area (Å²) in [6.07, 6.45) is 3.45. The SMILES string of the molecule is CC(=O)Nc1nc2ccc(-c3ccnc(OCc4cccc5cccnc45)n3)cc2s1. The molecule has 0 bridgehead atoms. The number of anilines is 1. The van der Waals surface area contributed by atoms with Gasteiger partial charge in [0.25, 0.3) is 0 Å². The predicted octanol–water partition coefficient (Wildman–Crippen LogP) is 4.84. The van der Waals surface area contributed by atoms with Crippen LogP contribution in [0.1, 0.15) is 12.5 Å². The Bertz CT molecular complexity index is 1410. The molecule has 31 heavy (non-hydrogen) atoms. The molecule has 152 valence electrons. The second kappa shape index (κ2) is 8.08. The second-order valence-electron chi connectivity index (χ2n) is 6.89. The van der Waals surface area contributed by atoms with Crippen molar-refractivity contribution < 1.29 is 9.53 Å². The smallest absolute Gasteiger partial charge is 0.317 e. The molecule has 0 aliphatic heterocycles. The van der Waals surface area contributed by atoms with Crippen LogP contribution in [-0.2, 0) is 11.4 Å². The Hall–Kier alpha value is -3.91. The number of aromatic nitrogens is 4. The Labute approximate surface area is 181 Å². The largest absolute Gasteiger partial charge is 0.458 e. The van der Waals surface area contributed by atoms with Gasteiger partial charge in [0.1, 0.15) is 6.61 Å². The number of hydrogen-bond acceptors (Lipinski definition) is 7. The monoisotopic (exact) mass is 427 g/mol. The molecular formula is C23H17N5O2S. The fourth-order valence-electron chi connectivity index (χ4n) is 3.29. The number of rotatable bonds is 5. The summed E-state index contributed by atoms with van der Waals surface area (Å²) < 4.78 is 6.84. The number of nitrogens with one attached hydrogen (secondary N) is 1. The van der Waals surface area contributed by atoms with Crippen molar-refractivity contribution in [3.8, 4) is 17.3 Å². The van der Waals surface area contributed by atoms with E-state index in [2.05, 4.69) is 25.3 Å². The fraction of sp³-hybridized carbons (Fsp3) is 0.0870. The topological polar surface area (TPSA) is 89.9 Å². The van der Waals surface area contributed by atoms with Gasteiger partial charge in [0, 0.05) is 35.8 Å². The summed E-state index contributed by atoms with van der Waals surface area (Å²) in [5, 5.41) is 4.37. The molecule has 0 radical (unpaired) electrons. The maximum Gasteiger partial charge on any atom is 0.317 e. The summed E-state index contributed by atoms with van der Waals surface area (Å²) in [5.41, 5.74) is 4.38. The van der Waals surface area contributed by atoms with Gasteiger partial charge in [-0.15, -0.1) is 0 Å². The number of ether oxygens (including phenoxy) is 1. The Morgan fingerprint density at radius 1 is 1.03 bits per heavy atom. The number of para-hydroxylation sites is 1.